The van der Waals surface area contributed by atoms with E-state index in [1.807, 2.05) is 24.8 Å². The first-order valence-corrected chi connectivity index (χ1v) is 6.57. The van der Waals surface area contributed by atoms with Gasteiger partial charge in [-0.1, -0.05) is 24.3 Å². The first-order chi connectivity index (χ1) is 9.16. The second-order valence-corrected chi connectivity index (χ2v) is 5.10. The standard InChI is InChI=1S/C16H17NO2/c1-11-10-19-12(2)15(11)16(18)17-8-7-13-5-3-4-6-14(13)9-17/h3-6,10H,7-9H2,1-2H3. The van der Waals surface area contributed by atoms with E-state index in [0.717, 1.165) is 24.1 Å². The number of fused-ring (bicyclic) bond motifs is 1. The predicted molar refractivity (Wildman–Crippen MR) is 73.1 cm³/mol. The first-order valence-electron chi connectivity index (χ1n) is 6.57. The summed E-state index contributed by atoms with van der Waals surface area (Å²) in [6.07, 6.45) is 2.58. The summed E-state index contributed by atoms with van der Waals surface area (Å²) < 4.78 is 5.33. The Bertz CT molecular complexity index is 608. The molecule has 0 unspecified atom stereocenters. The highest BCUT2D eigenvalue weighted by atomic mass is 16.3. The molecule has 0 radical (unpaired) electrons. The van der Waals surface area contributed by atoms with Gasteiger partial charge in [0.05, 0.1) is 11.8 Å². The number of benzene rings is 1. The molecule has 0 atom stereocenters. The Kier molecular flexibility index (Phi) is 2.90. The van der Waals surface area contributed by atoms with Crippen LogP contribution in [0.5, 0.6) is 0 Å². The summed E-state index contributed by atoms with van der Waals surface area (Å²) in [4.78, 5) is 14.5. The normalized spacial score (nSPS) is 14.3. The number of carbonyl (C=O) groups is 1. The summed E-state index contributed by atoms with van der Waals surface area (Å²) in [5, 5.41) is 0. The van der Waals surface area contributed by atoms with Gasteiger partial charge in [-0.3, -0.25) is 4.79 Å². The van der Waals surface area contributed by atoms with E-state index in [0.29, 0.717) is 12.3 Å². The van der Waals surface area contributed by atoms with Crippen LogP contribution in [-0.4, -0.2) is 17.4 Å². The molecule has 98 valence electrons. The van der Waals surface area contributed by atoms with Crippen molar-refractivity contribution in [1.82, 2.24) is 4.90 Å². The van der Waals surface area contributed by atoms with Gasteiger partial charge in [0.2, 0.25) is 0 Å². The van der Waals surface area contributed by atoms with Crippen molar-refractivity contribution in [2.24, 2.45) is 0 Å². The van der Waals surface area contributed by atoms with Crippen LogP contribution in [0.2, 0.25) is 0 Å². The molecule has 3 rings (SSSR count). The summed E-state index contributed by atoms with van der Waals surface area (Å²) >= 11 is 0. The van der Waals surface area contributed by atoms with Crippen molar-refractivity contribution in [3.8, 4) is 0 Å². The molecule has 2 aromatic rings. The van der Waals surface area contributed by atoms with Gasteiger partial charge in [0.1, 0.15) is 5.76 Å². The summed E-state index contributed by atoms with van der Waals surface area (Å²) in [5.41, 5.74) is 4.24. The van der Waals surface area contributed by atoms with Crippen molar-refractivity contribution < 1.29 is 9.21 Å². The molecular weight excluding hydrogens is 238 g/mol. The van der Waals surface area contributed by atoms with E-state index < -0.39 is 0 Å². The number of furan rings is 1. The Morgan fingerprint density at radius 1 is 1.21 bits per heavy atom. The Labute approximate surface area is 112 Å². The summed E-state index contributed by atoms with van der Waals surface area (Å²) in [6.45, 7) is 5.23. The van der Waals surface area contributed by atoms with Gasteiger partial charge in [0.25, 0.3) is 5.91 Å². The van der Waals surface area contributed by atoms with Crippen molar-refractivity contribution in [3.63, 3.8) is 0 Å². The fraction of sp³-hybridized carbons (Fsp3) is 0.312. The lowest BCUT2D eigenvalue weighted by Crippen LogP contribution is -2.36. The molecule has 19 heavy (non-hydrogen) atoms. The molecule has 2 heterocycles. The molecule has 0 saturated carbocycles. The van der Waals surface area contributed by atoms with E-state index in [4.69, 9.17) is 4.42 Å². The molecule has 0 saturated heterocycles. The van der Waals surface area contributed by atoms with Crippen LogP contribution in [-0.2, 0) is 13.0 Å². The zero-order valence-corrected chi connectivity index (χ0v) is 11.3. The molecule has 0 bridgehead atoms. The van der Waals surface area contributed by atoms with Crippen LogP contribution in [0.25, 0.3) is 0 Å². The molecule has 3 heteroatoms. The highest BCUT2D eigenvalue weighted by Gasteiger charge is 2.25. The average Bonchev–Trinajstić information content (AvgIpc) is 2.77. The van der Waals surface area contributed by atoms with Crippen LogP contribution in [0.3, 0.4) is 0 Å². The fourth-order valence-corrected chi connectivity index (χ4v) is 2.72. The summed E-state index contributed by atoms with van der Waals surface area (Å²) in [7, 11) is 0. The Morgan fingerprint density at radius 3 is 2.63 bits per heavy atom. The maximum Gasteiger partial charge on any atom is 0.257 e. The number of hydrogen-bond acceptors (Lipinski definition) is 2. The minimum Gasteiger partial charge on any atom is -0.469 e. The molecular formula is C16H17NO2. The van der Waals surface area contributed by atoms with Crippen LogP contribution in [0.4, 0.5) is 0 Å². The van der Waals surface area contributed by atoms with Crippen molar-refractivity contribution in [1.29, 1.82) is 0 Å². The third kappa shape index (κ3) is 2.05. The summed E-state index contributed by atoms with van der Waals surface area (Å²) in [5.74, 6) is 0.791. The van der Waals surface area contributed by atoms with Crippen LogP contribution >= 0.6 is 0 Å². The minimum atomic E-state index is 0.0817. The molecule has 1 aromatic heterocycles. The topological polar surface area (TPSA) is 33.5 Å². The van der Waals surface area contributed by atoms with Crippen molar-refractivity contribution >= 4 is 5.91 Å². The smallest absolute Gasteiger partial charge is 0.257 e. The number of aryl methyl sites for hydroxylation is 2. The van der Waals surface area contributed by atoms with E-state index in [1.54, 1.807) is 6.26 Å². The zero-order valence-electron chi connectivity index (χ0n) is 11.3. The Morgan fingerprint density at radius 2 is 1.95 bits per heavy atom. The van der Waals surface area contributed by atoms with Gasteiger partial charge in [-0.25, -0.2) is 0 Å². The van der Waals surface area contributed by atoms with E-state index in [9.17, 15) is 4.79 Å². The third-order valence-electron chi connectivity index (χ3n) is 3.79. The number of carbonyl (C=O) groups excluding carboxylic acids is 1. The Balaban J connectivity index is 1.88. The van der Waals surface area contributed by atoms with Crippen LogP contribution in [0, 0.1) is 13.8 Å². The molecule has 1 aliphatic heterocycles. The van der Waals surface area contributed by atoms with Crippen LogP contribution < -0.4 is 0 Å². The van der Waals surface area contributed by atoms with Gasteiger partial charge in [0.15, 0.2) is 0 Å². The van der Waals surface area contributed by atoms with Crippen molar-refractivity contribution in [2.45, 2.75) is 26.8 Å². The Hall–Kier alpha value is -2.03. The second-order valence-electron chi connectivity index (χ2n) is 5.10. The van der Waals surface area contributed by atoms with Gasteiger partial charge < -0.3 is 9.32 Å². The van der Waals surface area contributed by atoms with Gasteiger partial charge in [-0.15, -0.1) is 0 Å². The molecule has 0 fully saturated rings. The maximum atomic E-state index is 12.6. The van der Waals surface area contributed by atoms with Gasteiger partial charge in [0, 0.05) is 18.7 Å². The quantitative estimate of drug-likeness (QED) is 0.784. The maximum absolute atomic E-state index is 12.6. The van der Waals surface area contributed by atoms with Crippen molar-refractivity contribution in [2.75, 3.05) is 6.54 Å². The largest absolute Gasteiger partial charge is 0.469 e. The van der Waals surface area contributed by atoms with Crippen LogP contribution in [0.1, 0.15) is 32.8 Å². The fourth-order valence-electron chi connectivity index (χ4n) is 2.72. The highest BCUT2D eigenvalue weighted by molar-refractivity contribution is 5.96. The van der Waals surface area contributed by atoms with Crippen molar-refractivity contribution in [3.05, 3.63) is 58.5 Å². The van der Waals surface area contributed by atoms with Gasteiger partial charge in [-0.2, -0.15) is 0 Å². The second kappa shape index (κ2) is 4.57. The molecule has 0 N–H and O–H groups in total. The lowest BCUT2D eigenvalue weighted by molar-refractivity contribution is 0.0732. The SMILES string of the molecule is Cc1coc(C)c1C(=O)N1CCc2ccccc2C1. The van der Waals surface area contributed by atoms with E-state index in [-0.39, 0.29) is 5.91 Å². The number of rotatable bonds is 1. The van der Waals surface area contributed by atoms with Gasteiger partial charge >= 0.3 is 0 Å². The average molecular weight is 255 g/mol. The molecule has 1 amide bonds. The van der Waals surface area contributed by atoms with E-state index in [2.05, 4.69) is 18.2 Å². The van der Waals surface area contributed by atoms with Crippen LogP contribution in [0.15, 0.2) is 34.9 Å². The van der Waals surface area contributed by atoms with E-state index >= 15 is 0 Å². The molecule has 1 aromatic carbocycles. The predicted octanol–water partition coefficient (Wildman–Crippen LogP) is 3.09. The monoisotopic (exact) mass is 255 g/mol. The number of nitrogens with zero attached hydrogens (tertiary/aromatic N) is 1. The lowest BCUT2D eigenvalue weighted by Gasteiger charge is -2.29. The molecule has 0 aliphatic carbocycles. The van der Waals surface area contributed by atoms with E-state index in [1.165, 1.54) is 11.1 Å². The van der Waals surface area contributed by atoms with Gasteiger partial charge in [-0.05, 0) is 31.4 Å². The minimum absolute atomic E-state index is 0.0817. The first kappa shape index (κ1) is 12.0. The number of hydrogen-bond donors (Lipinski definition) is 0. The lowest BCUT2D eigenvalue weighted by atomic mass is 9.99. The molecule has 3 nitrogen and oxygen atoms in total. The summed E-state index contributed by atoms with van der Waals surface area (Å²) in [6, 6.07) is 8.33. The molecule has 1 aliphatic rings. The number of amides is 1. The molecule has 0 spiro atoms. The highest BCUT2D eigenvalue weighted by Crippen LogP contribution is 2.23. The zero-order chi connectivity index (χ0) is 13.4. The third-order valence-corrected chi connectivity index (χ3v) is 3.79.